The molecule has 0 radical (unpaired) electrons. The monoisotopic (exact) mass is 359 g/mol. The quantitative estimate of drug-likeness (QED) is 0.618. The molecule has 0 unspecified atom stereocenters. The molecule has 1 aliphatic carbocycles. The second kappa shape index (κ2) is 6.80. The molecule has 2 N–H and O–H groups in total. The van der Waals surface area contributed by atoms with Gasteiger partial charge in [-0.1, -0.05) is 48.5 Å². The minimum Gasteiger partial charge on any atom is -0.507 e. The van der Waals surface area contributed by atoms with Crippen LogP contribution in [-0.4, -0.2) is 17.8 Å². The number of carbonyl (C=O) groups excluding carboxylic acids is 1. The highest BCUT2D eigenvalue weighted by Gasteiger charge is 2.29. The number of phenols is 1. The number of carbonyl (C=O) groups is 1. The summed E-state index contributed by atoms with van der Waals surface area (Å²) in [6, 6.07) is 19.9. The molecular formula is C23H21NO3. The third-order valence-corrected chi connectivity index (χ3v) is 5.08. The third kappa shape index (κ3) is 3.14. The van der Waals surface area contributed by atoms with Gasteiger partial charge in [-0.2, -0.15) is 0 Å². The zero-order valence-corrected chi connectivity index (χ0v) is 15.3. The second-order valence-electron chi connectivity index (χ2n) is 6.91. The lowest BCUT2D eigenvalue weighted by Gasteiger charge is -2.15. The van der Waals surface area contributed by atoms with Gasteiger partial charge < -0.3 is 9.84 Å². The van der Waals surface area contributed by atoms with Crippen molar-refractivity contribution in [1.29, 1.82) is 0 Å². The molecule has 27 heavy (non-hydrogen) atoms. The predicted octanol–water partition coefficient (Wildman–Crippen LogP) is 5.37. The minimum absolute atomic E-state index is 0.0337. The first-order valence-electron chi connectivity index (χ1n) is 8.97. The Morgan fingerprint density at radius 3 is 2.04 bits per heavy atom. The molecule has 4 nitrogen and oxygen atoms in total. The number of fused-ring (bicyclic) bond motifs is 3. The zero-order chi connectivity index (χ0) is 19.0. The maximum atomic E-state index is 12.3. The van der Waals surface area contributed by atoms with E-state index < -0.39 is 6.09 Å². The molecule has 4 rings (SSSR count). The summed E-state index contributed by atoms with van der Waals surface area (Å²) < 4.78 is 5.54. The molecule has 0 bridgehead atoms. The van der Waals surface area contributed by atoms with E-state index in [9.17, 15) is 9.90 Å². The summed E-state index contributed by atoms with van der Waals surface area (Å²) in [5, 5.41) is 12.6. The summed E-state index contributed by atoms with van der Waals surface area (Å²) >= 11 is 0. The molecule has 0 saturated carbocycles. The number of nitrogens with one attached hydrogen (secondary N) is 1. The number of amides is 1. The van der Waals surface area contributed by atoms with E-state index in [2.05, 4.69) is 29.6 Å². The highest BCUT2D eigenvalue weighted by molar-refractivity contribution is 5.85. The Bertz CT molecular complexity index is 957. The molecular weight excluding hydrogens is 338 g/mol. The molecule has 0 heterocycles. The molecule has 136 valence electrons. The van der Waals surface area contributed by atoms with Crippen molar-refractivity contribution in [2.75, 3.05) is 11.9 Å². The average molecular weight is 359 g/mol. The number of aryl methyl sites for hydroxylation is 2. The first-order chi connectivity index (χ1) is 13.0. The van der Waals surface area contributed by atoms with Gasteiger partial charge in [0.2, 0.25) is 0 Å². The highest BCUT2D eigenvalue weighted by atomic mass is 16.5. The maximum absolute atomic E-state index is 12.3. The Morgan fingerprint density at radius 2 is 1.48 bits per heavy atom. The molecule has 0 fully saturated rings. The van der Waals surface area contributed by atoms with Gasteiger partial charge in [-0.3, -0.25) is 5.32 Å². The molecule has 0 spiro atoms. The molecule has 0 atom stereocenters. The van der Waals surface area contributed by atoms with Crippen LogP contribution in [0.3, 0.4) is 0 Å². The molecule has 1 aliphatic rings. The largest absolute Gasteiger partial charge is 0.507 e. The van der Waals surface area contributed by atoms with Gasteiger partial charge in [-0.05, 0) is 59.4 Å². The number of benzene rings is 3. The number of hydrogen-bond donors (Lipinski definition) is 2. The van der Waals surface area contributed by atoms with Crippen LogP contribution in [0.2, 0.25) is 0 Å². The second-order valence-corrected chi connectivity index (χ2v) is 6.91. The number of ether oxygens (including phenoxy) is 1. The standard InChI is InChI=1S/C23H21NO3/c1-14-11-16(12-15(2)22(14)25)24-23(26)27-13-21-19-9-5-3-7-17(19)18-8-4-6-10-20(18)21/h3-12,21,25H,13H2,1-2H3,(H,24,26). The van der Waals surface area contributed by atoms with Gasteiger partial charge in [0.1, 0.15) is 12.4 Å². The van der Waals surface area contributed by atoms with Crippen molar-refractivity contribution in [2.45, 2.75) is 19.8 Å². The van der Waals surface area contributed by atoms with E-state index in [0.717, 1.165) is 0 Å². The third-order valence-electron chi connectivity index (χ3n) is 5.08. The Hall–Kier alpha value is -3.27. The van der Waals surface area contributed by atoms with Crippen molar-refractivity contribution >= 4 is 11.8 Å². The summed E-state index contributed by atoms with van der Waals surface area (Å²) in [7, 11) is 0. The van der Waals surface area contributed by atoms with Gasteiger partial charge in [-0.25, -0.2) is 4.79 Å². The maximum Gasteiger partial charge on any atom is 0.411 e. The van der Waals surface area contributed by atoms with Crippen LogP contribution in [0.4, 0.5) is 10.5 Å². The molecule has 1 amide bonds. The lowest BCUT2D eigenvalue weighted by Crippen LogP contribution is -2.18. The van der Waals surface area contributed by atoms with E-state index in [-0.39, 0.29) is 18.3 Å². The first-order valence-corrected chi connectivity index (χ1v) is 8.97. The smallest absolute Gasteiger partial charge is 0.411 e. The Labute approximate surface area is 158 Å². The van der Waals surface area contributed by atoms with E-state index in [0.29, 0.717) is 16.8 Å². The van der Waals surface area contributed by atoms with Crippen molar-refractivity contribution in [2.24, 2.45) is 0 Å². The Kier molecular flexibility index (Phi) is 4.32. The van der Waals surface area contributed by atoms with Crippen LogP contribution in [0.25, 0.3) is 11.1 Å². The van der Waals surface area contributed by atoms with Gasteiger partial charge in [0.15, 0.2) is 0 Å². The first kappa shape index (κ1) is 17.2. The van der Waals surface area contributed by atoms with Gasteiger partial charge in [0, 0.05) is 11.6 Å². The number of hydrogen-bond acceptors (Lipinski definition) is 3. The lowest BCUT2D eigenvalue weighted by molar-refractivity contribution is 0.158. The molecule has 4 heteroatoms. The fraction of sp³-hybridized carbons (Fsp3) is 0.174. The van der Waals surface area contributed by atoms with Gasteiger partial charge in [0.05, 0.1) is 0 Å². The average Bonchev–Trinajstić information content (AvgIpc) is 2.98. The fourth-order valence-electron chi connectivity index (χ4n) is 3.78. The van der Waals surface area contributed by atoms with Crippen LogP contribution >= 0.6 is 0 Å². The normalized spacial score (nSPS) is 12.4. The number of rotatable bonds is 3. The summed E-state index contributed by atoms with van der Waals surface area (Å²) in [5.74, 6) is 0.277. The zero-order valence-electron chi connectivity index (χ0n) is 15.3. The van der Waals surface area contributed by atoms with E-state index >= 15 is 0 Å². The van der Waals surface area contributed by atoms with Crippen molar-refractivity contribution in [3.63, 3.8) is 0 Å². The molecule has 0 aliphatic heterocycles. The van der Waals surface area contributed by atoms with Gasteiger partial charge >= 0.3 is 6.09 Å². The van der Waals surface area contributed by atoms with Crippen molar-refractivity contribution in [3.05, 3.63) is 82.9 Å². The summed E-state index contributed by atoms with van der Waals surface area (Å²) in [6.45, 7) is 3.87. The van der Waals surface area contributed by atoms with Crippen LogP contribution in [-0.2, 0) is 4.74 Å². The summed E-state index contributed by atoms with van der Waals surface area (Å²) in [5.41, 5.74) is 6.80. The van der Waals surface area contributed by atoms with Crippen LogP contribution < -0.4 is 5.32 Å². The lowest BCUT2D eigenvalue weighted by atomic mass is 9.98. The SMILES string of the molecule is Cc1cc(NC(=O)OCC2c3ccccc3-c3ccccc32)cc(C)c1O. The van der Waals surface area contributed by atoms with Gasteiger partial charge in [0.25, 0.3) is 0 Å². The number of aromatic hydroxyl groups is 1. The van der Waals surface area contributed by atoms with E-state index in [1.165, 1.54) is 22.3 Å². The van der Waals surface area contributed by atoms with Crippen LogP contribution in [0, 0.1) is 13.8 Å². The minimum atomic E-state index is -0.499. The van der Waals surface area contributed by atoms with Crippen molar-refractivity contribution in [1.82, 2.24) is 0 Å². The fourth-order valence-corrected chi connectivity index (χ4v) is 3.78. The topological polar surface area (TPSA) is 58.6 Å². The van der Waals surface area contributed by atoms with Crippen molar-refractivity contribution < 1.29 is 14.6 Å². The molecule has 3 aromatic carbocycles. The summed E-state index contributed by atoms with van der Waals surface area (Å²) in [6.07, 6.45) is -0.499. The Balaban J connectivity index is 1.50. The Morgan fingerprint density at radius 1 is 0.963 bits per heavy atom. The van der Waals surface area contributed by atoms with E-state index in [4.69, 9.17) is 4.74 Å². The number of phenolic OH excluding ortho intramolecular Hbond substituents is 1. The summed E-state index contributed by atoms with van der Waals surface area (Å²) in [4.78, 5) is 12.3. The molecule has 0 saturated heterocycles. The number of anilines is 1. The van der Waals surface area contributed by atoms with Crippen LogP contribution in [0.15, 0.2) is 60.7 Å². The van der Waals surface area contributed by atoms with E-state index in [1.54, 1.807) is 26.0 Å². The molecule has 3 aromatic rings. The van der Waals surface area contributed by atoms with Crippen LogP contribution in [0.1, 0.15) is 28.2 Å². The highest BCUT2D eigenvalue weighted by Crippen LogP contribution is 2.44. The van der Waals surface area contributed by atoms with E-state index in [1.807, 2.05) is 24.3 Å². The molecule has 0 aromatic heterocycles. The van der Waals surface area contributed by atoms with Crippen LogP contribution in [0.5, 0.6) is 5.75 Å². The predicted molar refractivity (Wildman–Crippen MR) is 106 cm³/mol. The van der Waals surface area contributed by atoms with Crippen molar-refractivity contribution in [3.8, 4) is 16.9 Å². The van der Waals surface area contributed by atoms with Gasteiger partial charge in [-0.15, -0.1) is 0 Å².